The highest BCUT2D eigenvalue weighted by Crippen LogP contribution is 2.61. The Kier molecular flexibility index (Phi) is 6.86. The number of rotatable bonds is 7. The largest absolute Gasteiger partial charge is 0.396 e. The summed E-state index contributed by atoms with van der Waals surface area (Å²) in [5.41, 5.74) is 2.36. The molecule has 5 atom stereocenters. The molecule has 2 saturated heterocycles. The van der Waals surface area contributed by atoms with E-state index in [0.717, 1.165) is 16.7 Å². The molecule has 42 heavy (non-hydrogen) atoms. The summed E-state index contributed by atoms with van der Waals surface area (Å²) in [5, 5.41) is 17.8. The fourth-order valence-corrected chi connectivity index (χ4v) is 8.97. The highest BCUT2D eigenvalue weighted by atomic mass is 32.2. The van der Waals surface area contributed by atoms with Crippen LogP contribution < -0.4 is 4.90 Å². The lowest BCUT2D eigenvalue weighted by molar-refractivity contribution is -0.143. The summed E-state index contributed by atoms with van der Waals surface area (Å²) in [7, 11) is 0. The number of thioether (sulfide) groups is 1. The molecule has 2 aromatic carbocycles. The Morgan fingerprint density at radius 2 is 1.74 bits per heavy atom. The molecule has 1 unspecified atom stereocenters. The summed E-state index contributed by atoms with van der Waals surface area (Å²) < 4.78 is 0.820. The van der Waals surface area contributed by atoms with Gasteiger partial charge in [0.1, 0.15) is 18.2 Å². The van der Waals surface area contributed by atoms with E-state index in [9.17, 15) is 19.5 Å². The maximum Gasteiger partial charge on any atom is 0.248 e. The molecule has 3 aromatic rings. The van der Waals surface area contributed by atoms with Crippen LogP contribution >= 0.6 is 11.8 Å². The third-order valence-corrected chi connectivity index (χ3v) is 10.6. The SMILES string of the molecule is O=C1C2N(CCCCO)C(=O)[C@@H]3[C@@H]4C(=O)N(c5ccccc5)CC=C[C@@H]4S[C@]23C=CCN1Cn1nnc2ccccc21. The van der Waals surface area contributed by atoms with Gasteiger partial charge < -0.3 is 19.8 Å². The molecule has 4 aliphatic rings. The zero-order valence-corrected chi connectivity index (χ0v) is 23.8. The minimum Gasteiger partial charge on any atom is -0.396 e. The molecular formula is C31H32N6O4S. The van der Waals surface area contributed by atoms with Crippen molar-refractivity contribution in [2.24, 2.45) is 11.8 Å². The number of hydrogen-bond acceptors (Lipinski definition) is 7. The summed E-state index contributed by atoms with van der Waals surface area (Å²) >= 11 is 1.57. The smallest absolute Gasteiger partial charge is 0.248 e. The Bertz CT molecular complexity index is 1590. The van der Waals surface area contributed by atoms with Gasteiger partial charge in [0, 0.05) is 37.2 Å². The van der Waals surface area contributed by atoms with Gasteiger partial charge in [0.15, 0.2) is 0 Å². The van der Waals surface area contributed by atoms with Crippen LogP contribution in [0.25, 0.3) is 11.0 Å². The molecular weight excluding hydrogens is 552 g/mol. The monoisotopic (exact) mass is 584 g/mol. The van der Waals surface area contributed by atoms with Gasteiger partial charge in [-0.05, 0) is 37.1 Å². The molecule has 216 valence electrons. The molecule has 1 N–H and O–H groups in total. The van der Waals surface area contributed by atoms with Crippen LogP contribution in [-0.2, 0) is 21.1 Å². The number of hydrogen-bond donors (Lipinski definition) is 1. The van der Waals surface area contributed by atoms with E-state index in [1.54, 1.807) is 31.1 Å². The van der Waals surface area contributed by atoms with E-state index in [4.69, 9.17) is 0 Å². The van der Waals surface area contributed by atoms with Crippen LogP contribution in [0.3, 0.4) is 0 Å². The van der Waals surface area contributed by atoms with E-state index in [1.807, 2.05) is 78.9 Å². The van der Waals surface area contributed by atoms with Crippen molar-refractivity contribution in [3.63, 3.8) is 0 Å². The van der Waals surface area contributed by atoms with Crippen LogP contribution in [-0.4, -0.2) is 89.9 Å². The molecule has 11 heteroatoms. The normalized spacial score (nSPS) is 28.7. The van der Waals surface area contributed by atoms with E-state index in [-0.39, 0.29) is 36.2 Å². The average Bonchev–Trinajstić information content (AvgIpc) is 3.56. The Morgan fingerprint density at radius 1 is 0.929 bits per heavy atom. The zero-order chi connectivity index (χ0) is 28.8. The van der Waals surface area contributed by atoms with Crippen molar-refractivity contribution < 1.29 is 19.5 Å². The van der Waals surface area contributed by atoms with Crippen LogP contribution in [0.2, 0.25) is 0 Å². The van der Waals surface area contributed by atoms with Gasteiger partial charge in [-0.25, -0.2) is 4.68 Å². The first-order valence-corrected chi connectivity index (χ1v) is 15.3. The van der Waals surface area contributed by atoms with Gasteiger partial charge in [0.05, 0.1) is 22.1 Å². The number of fused-ring (bicyclic) bond motifs is 3. The molecule has 0 bridgehead atoms. The Morgan fingerprint density at radius 3 is 2.57 bits per heavy atom. The number of anilines is 1. The lowest BCUT2D eigenvalue weighted by Crippen LogP contribution is -2.53. The number of aromatic nitrogens is 3. The predicted octanol–water partition coefficient (Wildman–Crippen LogP) is 2.46. The number of nitrogens with zero attached hydrogens (tertiary/aromatic N) is 6. The molecule has 2 fully saturated rings. The number of para-hydroxylation sites is 2. The summed E-state index contributed by atoms with van der Waals surface area (Å²) in [6, 6.07) is 16.4. The van der Waals surface area contributed by atoms with Crippen molar-refractivity contribution in [2.45, 2.75) is 35.5 Å². The Hall–Kier alpha value is -3.96. The number of unbranched alkanes of at least 4 members (excludes halogenated alkanes) is 1. The van der Waals surface area contributed by atoms with Gasteiger partial charge in [-0.3, -0.25) is 14.4 Å². The van der Waals surface area contributed by atoms with Gasteiger partial charge in [0.25, 0.3) is 0 Å². The highest BCUT2D eigenvalue weighted by molar-refractivity contribution is 8.02. The van der Waals surface area contributed by atoms with E-state index in [2.05, 4.69) is 10.3 Å². The lowest BCUT2D eigenvalue weighted by atomic mass is 9.78. The van der Waals surface area contributed by atoms with Crippen molar-refractivity contribution in [3.05, 3.63) is 78.9 Å². The summed E-state index contributed by atoms with van der Waals surface area (Å²) in [4.78, 5) is 48.3. The van der Waals surface area contributed by atoms with Gasteiger partial charge in [-0.1, -0.05) is 59.8 Å². The number of carbonyl (C=O) groups excluding carboxylic acids is 3. The van der Waals surface area contributed by atoms with E-state index in [0.29, 0.717) is 32.5 Å². The number of aliphatic hydroxyl groups is 1. The molecule has 0 radical (unpaired) electrons. The highest BCUT2D eigenvalue weighted by Gasteiger charge is 2.71. The summed E-state index contributed by atoms with van der Waals surface area (Å²) in [6.07, 6.45) is 9.13. The first-order valence-electron chi connectivity index (χ1n) is 14.4. The summed E-state index contributed by atoms with van der Waals surface area (Å²) in [6.45, 7) is 1.33. The third kappa shape index (κ3) is 4.17. The number of likely N-dealkylation sites (tertiary alicyclic amines) is 1. The second-order valence-electron chi connectivity index (χ2n) is 11.2. The van der Waals surface area contributed by atoms with Crippen molar-refractivity contribution in [2.75, 3.05) is 31.1 Å². The van der Waals surface area contributed by atoms with Crippen LogP contribution in [0.4, 0.5) is 5.69 Å². The van der Waals surface area contributed by atoms with Crippen LogP contribution in [0.15, 0.2) is 78.9 Å². The fourth-order valence-electron chi connectivity index (χ4n) is 6.97. The Labute approximate surface area is 247 Å². The number of amides is 3. The van der Waals surface area contributed by atoms with E-state index >= 15 is 0 Å². The molecule has 10 nitrogen and oxygen atoms in total. The number of aliphatic hydroxyl groups excluding tert-OH is 1. The van der Waals surface area contributed by atoms with Gasteiger partial charge >= 0.3 is 0 Å². The van der Waals surface area contributed by atoms with Gasteiger partial charge in [0.2, 0.25) is 17.7 Å². The van der Waals surface area contributed by atoms with Crippen molar-refractivity contribution >= 4 is 46.2 Å². The van der Waals surface area contributed by atoms with Crippen LogP contribution in [0.5, 0.6) is 0 Å². The predicted molar refractivity (Wildman–Crippen MR) is 159 cm³/mol. The molecule has 4 aliphatic heterocycles. The maximum absolute atomic E-state index is 14.5. The molecule has 1 aromatic heterocycles. The zero-order valence-electron chi connectivity index (χ0n) is 23.0. The third-order valence-electron chi connectivity index (χ3n) is 8.84. The minimum atomic E-state index is -0.887. The first-order chi connectivity index (χ1) is 20.5. The molecule has 0 aliphatic carbocycles. The van der Waals surface area contributed by atoms with Gasteiger partial charge in [-0.15, -0.1) is 16.9 Å². The molecule has 3 amide bonds. The van der Waals surface area contributed by atoms with Crippen LogP contribution in [0, 0.1) is 11.8 Å². The topological polar surface area (TPSA) is 112 Å². The van der Waals surface area contributed by atoms with E-state index in [1.165, 1.54) is 0 Å². The second-order valence-corrected chi connectivity index (χ2v) is 12.7. The lowest BCUT2D eigenvalue weighted by Gasteiger charge is -2.35. The number of carbonyl (C=O) groups is 3. The molecule has 0 saturated carbocycles. The molecule has 5 heterocycles. The van der Waals surface area contributed by atoms with Crippen molar-refractivity contribution in [1.82, 2.24) is 24.8 Å². The molecule has 1 spiro atoms. The first kappa shape index (κ1) is 26.9. The van der Waals surface area contributed by atoms with Crippen molar-refractivity contribution in [1.29, 1.82) is 0 Å². The minimum absolute atomic E-state index is 0.00931. The van der Waals surface area contributed by atoms with Crippen molar-refractivity contribution in [3.8, 4) is 0 Å². The van der Waals surface area contributed by atoms with Crippen LogP contribution in [0.1, 0.15) is 12.8 Å². The Balaban J connectivity index is 1.26. The second kappa shape index (κ2) is 10.7. The number of benzene rings is 2. The quantitative estimate of drug-likeness (QED) is 0.336. The molecule has 7 rings (SSSR count). The van der Waals surface area contributed by atoms with E-state index < -0.39 is 22.6 Å². The summed E-state index contributed by atoms with van der Waals surface area (Å²) in [5.74, 6) is -1.71. The fraction of sp³-hybridized carbons (Fsp3) is 0.387. The standard InChI is InChI=1S/C31H32N6O4S/c38-19-7-6-17-36-27-30(41)34(20-37-23-13-5-4-12-22(23)32-33-37)16-9-15-31(27)26(29(36)40)25-24(42-31)14-8-18-35(28(25)39)21-10-2-1-3-11-21/h1-5,8-15,24-27,38H,6-7,16-20H2/t24-,25+,26-,27?,31-/m0/s1. The maximum atomic E-state index is 14.5. The average molecular weight is 585 g/mol. The van der Waals surface area contributed by atoms with Gasteiger partial charge in [-0.2, -0.15) is 0 Å².